The summed E-state index contributed by atoms with van der Waals surface area (Å²) >= 11 is 1.22. The molecule has 0 spiro atoms. The third-order valence-corrected chi connectivity index (χ3v) is 6.07. The summed E-state index contributed by atoms with van der Waals surface area (Å²) in [5.74, 6) is -1.06. The van der Waals surface area contributed by atoms with Crippen molar-refractivity contribution in [1.82, 2.24) is 5.32 Å². The molecule has 0 saturated carbocycles. The first-order valence-electron chi connectivity index (χ1n) is 9.62. The van der Waals surface area contributed by atoms with Crippen LogP contribution in [0, 0.1) is 0 Å². The number of nitrogens with one attached hydrogen (secondary N) is 1. The number of amides is 1. The zero-order chi connectivity index (χ0) is 24.6. The van der Waals surface area contributed by atoms with E-state index in [0.717, 1.165) is 6.26 Å². The second kappa shape index (κ2) is 11.5. The second-order valence-electron chi connectivity index (χ2n) is 6.71. The van der Waals surface area contributed by atoms with Crippen molar-refractivity contribution in [2.75, 3.05) is 13.3 Å². The van der Waals surface area contributed by atoms with Crippen molar-refractivity contribution in [2.45, 2.75) is 24.8 Å². The molecule has 0 radical (unpaired) electrons. The minimum absolute atomic E-state index is 0.108. The summed E-state index contributed by atoms with van der Waals surface area (Å²) < 4.78 is 34.5. The first-order chi connectivity index (χ1) is 15.5. The second-order valence-corrected chi connectivity index (χ2v) is 9.62. The van der Waals surface area contributed by atoms with E-state index in [9.17, 15) is 18.0 Å². The molecule has 0 aliphatic heterocycles. The van der Waals surface area contributed by atoms with Crippen LogP contribution >= 0.6 is 11.8 Å². The van der Waals surface area contributed by atoms with E-state index in [1.165, 1.54) is 68.2 Å². The van der Waals surface area contributed by atoms with Gasteiger partial charge in [0.05, 0.1) is 4.90 Å². The highest BCUT2D eigenvalue weighted by Gasteiger charge is 2.17. The SMILES string of the molecule is C/C=C/SC(=NC)NC(=O)c1cc(Oc2ccc(S(C)(=O)=O)cc2)cc(OC(C)C(=O)O)c1. The first kappa shape index (κ1) is 25.9. The lowest BCUT2D eigenvalue weighted by Crippen LogP contribution is -2.28. The summed E-state index contributed by atoms with van der Waals surface area (Å²) in [7, 11) is -1.83. The topological polar surface area (TPSA) is 131 Å². The molecular weight excluding hydrogens is 468 g/mol. The molecule has 2 aromatic carbocycles. The van der Waals surface area contributed by atoms with Crippen molar-refractivity contribution in [3.63, 3.8) is 0 Å². The van der Waals surface area contributed by atoms with E-state index < -0.39 is 27.8 Å². The molecule has 1 unspecified atom stereocenters. The van der Waals surface area contributed by atoms with Gasteiger partial charge in [-0.15, -0.1) is 0 Å². The molecule has 0 heterocycles. The molecule has 0 saturated heterocycles. The normalized spacial score (nSPS) is 12.9. The van der Waals surface area contributed by atoms with Gasteiger partial charge in [-0.05, 0) is 55.7 Å². The lowest BCUT2D eigenvalue weighted by molar-refractivity contribution is -0.144. The number of ether oxygens (including phenoxy) is 2. The number of amidine groups is 1. The molecule has 0 aliphatic carbocycles. The monoisotopic (exact) mass is 492 g/mol. The quantitative estimate of drug-likeness (QED) is 0.421. The predicted octanol–water partition coefficient (Wildman–Crippen LogP) is 3.72. The molecule has 0 fully saturated rings. The Bertz CT molecular complexity index is 1170. The summed E-state index contributed by atoms with van der Waals surface area (Å²) in [5.41, 5.74) is 0.148. The molecule has 2 aromatic rings. The smallest absolute Gasteiger partial charge is 0.344 e. The molecule has 0 bridgehead atoms. The van der Waals surface area contributed by atoms with Gasteiger partial charge in [-0.25, -0.2) is 13.2 Å². The molecule has 33 heavy (non-hydrogen) atoms. The van der Waals surface area contributed by atoms with E-state index in [1.807, 2.05) is 6.92 Å². The van der Waals surface area contributed by atoms with Crippen molar-refractivity contribution in [3.05, 3.63) is 59.5 Å². The Morgan fingerprint density at radius 3 is 2.30 bits per heavy atom. The van der Waals surface area contributed by atoms with Crippen LogP contribution in [0.4, 0.5) is 0 Å². The van der Waals surface area contributed by atoms with E-state index in [1.54, 1.807) is 11.5 Å². The highest BCUT2D eigenvalue weighted by molar-refractivity contribution is 8.16. The fraction of sp³-hybridized carbons (Fsp3) is 0.227. The minimum atomic E-state index is -3.36. The van der Waals surface area contributed by atoms with Crippen LogP contribution in [0.3, 0.4) is 0 Å². The van der Waals surface area contributed by atoms with Crippen molar-refractivity contribution in [3.8, 4) is 17.2 Å². The number of carboxylic acids is 1. The van der Waals surface area contributed by atoms with Crippen LogP contribution in [-0.4, -0.2) is 50.0 Å². The molecule has 1 amide bonds. The Morgan fingerprint density at radius 1 is 1.12 bits per heavy atom. The van der Waals surface area contributed by atoms with E-state index in [-0.39, 0.29) is 22.0 Å². The van der Waals surface area contributed by atoms with Crippen LogP contribution in [0.5, 0.6) is 17.2 Å². The van der Waals surface area contributed by atoms with Gasteiger partial charge in [0.15, 0.2) is 21.1 Å². The van der Waals surface area contributed by atoms with Gasteiger partial charge >= 0.3 is 5.97 Å². The maximum atomic E-state index is 12.8. The molecule has 2 N–H and O–H groups in total. The van der Waals surface area contributed by atoms with Crippen LogP contribution in [0.25, 0.3) is 0 Å². The predicted molar refractivity (Wildman–Crippen MR) is 127 cm³/mol. The van der Waals surface area contributed by atoms with E-state index >= 15 is 0 Å². The largest absolute Gasteiger partial charge is 0.479 e. The number of sulfone groups is 1. The minimum Gasteiger partial charge on any atom is -0.479 e. The van der Waals surface area contributed by atoms with E-state index in [4.69, 9.17) is 14.6 Å². The van der Waals surface area contributed by atoms with Gasteiger partial charge in [-0.2, -0.15) is 0 Å². The number of nitrogens with zero attached hydrogens (tertiary/aromatic N) is 1. The van der Waals surface area contributed by atoms with Crippen LogP contribution < -0.4 is 14.8 Å². The third-order valence-electron chi connectivity index (χ3n) is 4.03. The number of aliphatic carboxylic acids is 1. The van der Waals surface area contributed by atoms with Gasteiger partial charge in [0.25, 0.3) is 5.91 Å². The molecule has 1 atom stereocenters. The fourth-order valence-electron chi connectivity index (χ4n) is 2.42. The number of allylic oxidation sites excluding steroid dienone is 1. The maximum absolute atomic E-state index is 12.8. The van der Waals surface area contributed by atoms with Crippen molar-refractivity contribution in [1.29, 1.82) is 0 Å². The zero-order valence-electron chi connectivity index (χ0n) is 18.4. The van der Waals surface area contributed by atoms with Gasteiger partial charge in [-0.3, -0.25) is 9.79 Å². The van der Waals surface area contributed by atoms with Crippen molar-refractivity contribution >= 4 is 38.6 Å². The number of hydrogen-bond acceptors (Lipinski definition) is 8. The lowest BCUT2D eigenvalue weighted by atomic mass is 10.2. The average molecular weight is 493 g/mol. The first-order valence-corrected chi connectivity index (χ1v) is 12.4. The van der Waals surface area contributed by atoms with Gasteiger partial charge in [0.2, 0.25) is 0 Å². The zero-order valence-corrected chi connectivity index (χ0v) is 20.1. The summed E-state index contributed by atoms with van der Waals surface area (Å²) in [6.07, 6.45) is 1.73. The number of aliphatic imine (C=N–C) groups is 1. The molecule has 0 aliphatic rings. The summed E-state index contributed by atoms with van der Waals surface area (Å²) in [6.45, 7) is 3.19. The Kier molecular flexibility index (Phi) is 9.06. The highest BCUT2D eigenvalue weighted by Crippen LogP contribution is 2.29. The molecule has 2 rings (SSSR count). The van der Waals surface area contributed by atoms with Gasteiger partial charge < -0.3 is 19.9 Å². The van der Waals surface area contributed by atoms with Crippen LogP contribution in [0.1, 0.15) is 24.2 Å². The Labute approximate surface area is 196 Å². The lowest BCUT2D eigenvalue weighted by Gasteiger charge is -2.14. The maximum Gasteiger partial charge on any atom is 0.344 e. The summed E-state index contributed by atoms with van der Waals surface area (Å²) in [5, 5.41) is 13.9. The molecular formula is C22H24N2O7S2. The summed E-state index contributed by atoms with van der Waals surface area (Å²) in [4.78, 5) is 28.1. The Hall–Kier alpha value is -3.31. The van der Waals surface area contributed by atoms with Crippen LogP contribution in [0.2, 0.25) is 0 Å². The molecule has 11 heteroatoms. The number of carbonyl (C=O) groups is 2. The molecule has 176 valence electrons. The van der Waals surface area contributed by atoms with Gasteiger partial charge in [-0.1, -0.05) is 17.8 Å². The number of benzene rings is 2. The number of rotatable bonds is 8. The Balaban J connectivity index is 2.36. The van der Waals surface area contributed by atoms with E-state index in [2.05, 4.69) is 10.3 Å². The van der Waals surface area contributed by atoms with Crippen molar-refractivity contribution in [2.24, 2.45) is 4.99 Å². The molecule has 9 nitrogen and oxygen atoms in total. The molecule has 0 aromatic heterocycles. The number of carbonyl (C=O) groups excluding carboxylic acids is 1. The average Bonchev–Trinajstić information content (AvgIpc) is 2.75. The third kappa shape index (κ3) is 7.95. The number of hydrogen-bond donors (Lipinski definition) is 2. The van der Waals surface area contributed by atoms with Crippen LogP contribution in [0.15, 0.2) is 63.8 Å². The van der Waals surface area contributed by atoms with Crippen LogP contribution in [-0.2, 0) is 14.6 Å². The van der Waals surface area contributed by atoms with Gasteiger partial charge in [0.1, 0.15) is 17.2 Å². The van der Waals surface area contributed by atoms with E-state index in [0.29, 0.717) is 10.9 Å². The summed E-state index contributed by atoms with van der Waals surface area (Å²) in [6, 6.07) is 10.0. The number of thioether (sulfide) groups is 1. The highest BCUT2D eigenvalue weighted by atomic mass is 32.2. The van der Waals surface area contributed by atoms with Crippen molar-refractivity contribution < 1.29 is 32.6 Å². The Morgan fingerprint density at radius 2 is 1.76 bits per heavy atom. The van der Waals surface area contributed by atoms with Gasteiger partial charge in [0, 0.05) is 24.9 Å². The fourth-order valence-corrected chi connectivity index (χ4v) is 3.57. The number of carboxylic acid groups (broad SMARTS) is 1. The standard InChI is InChI=1S/C22H24N2O7S2/c1-5-10-32-22(23-3)24-20(25)15-11-17(30-14(2)21(26)27)13-18(12-15)31-16-6-8-19(9-7-16)33(4,28)29/h5-14H,1-4H3,(H,26,27)(H,23,24,25)/b10-5+.